The van der Waals surface area contributed by atoms with Gasteiger partial charge in [0.15, 0.2) is 0 Å². The van der Waals surface area contributed by atoms with Gasteiger partial charge in [0.2, 0.25) is 0 Å². The van der Waals surface area contributed by atoms with Crippen LogP contribution in [0.5, 0.6) is 0 Å². The number of rotatable bonds is 5. The lowest BCUT2D eigenvalue weighted by Crippen LogP contribution is -2.34. The molecule has 84 valence electrons. The zero-order chi connectivity index (χ0) is 10.5. The molecule has 0 aromatic carbocycles. The predicted molar refractivity (Wildman–Crippen MR) is 58.4 cm³/mol. The number of nitriles is 1. The van der Waals surface area contributed by atoms with Gasteiger partial charge in [0.25, 0.3) is 0 Å². The molecule has 0 amide bonds. The van der Waals surface area contributed by atoms with Crippen molar-refractivity contribution in [2.45, 2.75) is 38.1 Å². The highest BCUT2D eigenvalue weighted by atomic mass is 16.5. The Morgan fingerprint density at radius 2 is 1.93 bits per heavy atom. The van der Waals surface area contributed by atoms with E-state index in [2.05, 4.69) is 11.0 Å². The Bertz CT molecular complexity index is 226. The van der Waals surface area contributed by atoms with Crippen molar-refractivity contribution in [3.8, 4) is 6.07 Å². The van der Waals surface area contributed by atoms with Crippen molar-refractivity contribution in [1.82, 2.24) is 4.90 Å². The highest BCUT2D eigenvalue weighted by Crippen LogP contribution is 2.29. The molecule has 1 saturated carbocycles. The van der Waals surface area contributed by atoms with Crippen molar-refractivity contribution < 1.29 is 4.74 Å². The number of hydrogen-bond donors (Lipinski definition) is 0. The van der Waals surface area contributed by atoms with Crippen molar-refractivity contribution in [2.24, 2.45) is 5.92 Å². The Morgan fingerprint density at radius 1 is 1.20 bits per heavy atom. The first-order valence-corrected chi connectivity index (χ1v) is 6.09. The van der Waals surface area contributed by atoms with Crippen LogP contribution >= 0.6 is 0 Å². The lowest BCUT2D eigenvalue weighted by molar-refractivity contribution is 0.0516. The zero-order valence-electron chi connectivity index (χ0n) is 9.32. The van der Waals surface area contributed by atoms with Gasteiger partial charge in [0, 0.05) is 38.8 Å². The monoisotopic (exact) mass is 208 g/mol. The van der Waals surface area contributed by atoms with Crippen molar-refractivity contribution in [3.63, 3.8) is 0 Å². The lowest BCUT2D eigenvalue weighted by Gasteiger charge is -2.29. The predicted octanol–water partition coefficient (Wildman–Crippen LogP) is 1.79. The fourth-order valence-corrected chi connectivity index (χ4v) is 2.32. The van der Waals surface area contributed by atoms with Gasteiger partial charge in [-0.3, -0.25) is 4.90 Å². The largest absolute Gasteiger partial charge is 0.381 e. The molecule has 0 radical (unpaired) electrons. The summed E-state index contributed by atoms with van der Waals surface area (Å²) in [6.07, 6.45) is 5.77. The minimum absolute atomic E-state index is 0.680. The minimum atomic E-state index is 0.680. The lowest BCUT2D eigenvalue weighted by atomic mass is 9.99. The molecule has 1 aliphatic heterocycles. The maximum absolute atomic E-state index is 8.63. The van der Waals surface area contributed by atoms with E-state index < -0.39 is 0 Å². The summed E-state index contributed by atoms with van der Waals surface area (Å²) in [7, 11) is 0. The molecule has 0 atom stereocenters. The Balaban J connectivity index is 1.74. The summed E-state index contributed by atoms with van der Waals surface area (Å²) < 4.78 is 5.37. The second-order valence-electron chi connectivity index (χ2n) is 4.69. The molecule has 2 aliphatic rings. The van der Waals surface area contributed by atoms with E-state index in [1.54, 1.807) is 0 Å². The molecule has 2 fully saturated rings. The van der Waals surface area contributed by atoms with Crippen LogP contribution in [0.25, 0.3) is 0 Å². The van der Waals surface area contributed by atoms with E-state index in [-0.39, 0.29) is 0 Å². The first-order valence-electron chi connectivity index (χ1n) is 6.09. The van der Waals surface area contributed by atoms with Crippen LogP contribution in [-0.4, -0.2) is 37.2 Å². The van der Waals surface area contributed by atoms with Gasteiger partial charge in [0.05, 0.1) is 6.07 Å². The number of nitrogens with zero attached hydrogens (tertiary/aromatic N) is 2. The minimum Gasteiger partial charge on any atom is -0.381 e. The average molecular weight is 208 g/mol. The summed E-state index contributed by atoms with van der Waals surface area (Å²) in [6, 6.07) is 3.04. The van der Waals surface area contributed by atoms with E-state index in [4.69, 9.17) is 10.00 Å². The highest BCUT2D eigenvalue weighted by molar-refractivity contribution is 4.87. The molecule has 2 rings (SSSR count). The third kappa shape index (κ3) is 3.48. The standard InChI is InChI=1S/C12H20N2O/c13-6-1-7-14(12-2-3-12)10-11-4-8-15-9-5-11/h11-12H,1-5,7-10H2. The molecule has 3 heteroatoms. The fraction of sp³-hybridized carbons (Fsp3) is 0.917. The molecule has 3 nitrogen and oxygen atoms in total. The van der Waals surface area contributed by atoms with Crippen LogP contribution in [-0.2, 0) is 4.74 Å². The summed E-state index contributed by atoms with van der Waals surface area (Å²) in [5.41, 5.74) is 0. The van der Waals surface area contributed by atoms with E-state index in [0.717, 1.165) is 31.7 Å². The normalized spacial score (nSPS) is 22.9. The van der Waals surface area contributed by atoms with Gasteiger partial charge in [-0.2, -0.15) is 5.26 Å². The third-order valence-electron chi connectivity index (χ3n) is 3.41. The van der Waals surface area contributed by atoms with Crippen LogP contribution in [0.2, 0.25) is 0 Å². The number of hydrogen-bond acceptors (Lipinski definition) is 3. The fourth-order valence-electron chi connectivity index (χ4n) is 2.32. The van der Waals surface area contributed by atoms with Crippen LogP contribution in [0.4, 0.5) is 0 Å². The second-order valence-corrected chi connectivity index (χ2v) is 4.69. The van der Waals surface area contributed by atoms with Crippen molar-refractivity contribution in [1.29, 1.82) is 5.26 Å². The van der Waals surface area contributed by atoms with Crippen LogP contribution in [0, 0.1) is 17.2 Å². The van der Waals surface area contributed by atoms with Crippen LogP contribution in [0.3, 0.4) is 0 Å². The molecular formula is C12H20N2O. The van der Waals surface area contributed by atoms with Crippen LogP contribution in [0.1, 0.15) is 32.1 Å². The molecule has 0 bridgehead atoms. The van der Waals surface area contributed by atoms with E-state index in [1.165, 1.54) is 32.2 Å². The molecular weight excluding hydrogens is 188 g/mol. The smallest absolute Gasteiger partial charge is 0.0635 e. The molecule has 0 aromatic rings. The Morgan fingerprint density at radius 3 is 2.53 bits per heavy atom. The Hall–Kier alpha value is -0.590. The maximum atomic E-state index is 8.63. The summed E-state index contributed by atoms with van der Waals surface area (Å²) in [6.45, 7) is 4.02. The van der Waals surface area contributed by atoms with E-state index >= 15 is 0 Å². The molecule has 0 unspecified atom stereocenters. The molecule has 15 heavy (non-hydrogen) atoms. The molecule has 1 aliphatic carbocycles. The molecule has 0 spiro atoms. The van der Waals surface area contributed by atoms with Crippen molar-refractivity contribution in [2.75, 3.05) is 26.3 Å². The highest BCUT2D eigenvalue weighted by Gasteiger charge is 2.30. The number of ether oxygens (including phenoxy) is 1. The van der Waals surface area contributed by atoms with Crippen molar-refractivity contribution in [3.05, 3.63) is 0 Å². The quantitative estimate of drug-likeness (QED) is 0.691. The van der Waals surface area contributed by atoms with Gasteiger partial charge in [-0.05, 0) is 31.6 Å². The maximum Gasteiger partial charge on any atom is 0.0635 e. The van der Waals surface area contributed by atoms with Gasteiger partial charge in [-0.1, -0.05) is 0 Å². The van der Waals surface area contributed by atoms with E-state index in [1.807, 2.05) is 0 Å². The van der Waals surface area contributed by atoms with Crippen LogP contribution < -0.4 is 0 Å². The zero-order valence-corrected chi connectivity index (χ0v) is 9.32. The van der Waals surface area contributed by atoms with Gasteiger partial charge in [0.1, 0.15) is 0 Å². The van der Waals surface area contributed by atoms with Gasteiger partial charge in [-0.25, -0.2) is 0 Å². The molecule has 0 aromatic heterocycles. The molecule has 1 saturated heterocycles. The first-order chi connectivity index (χ1) is 7.40. The summed E-state index contributed by atoms with van der Waals surface area (Å²) >= 11 is 0. The van der Waals surface area contributed by atoms with Gasteiger partial charge >= 0.3 is 0 Å². The molecule has 0 N–H and O–H groups in total. The van der Waals surface area contributed by atoms with E-state index in [9.17, 15) is 0 Å². The Kier molecular flexibility index (Phi) is 3.99. The summed E-state index contributed by atoms with van der Waals surface area (Å²) in [5, 5.41) is 8.63. The average Bonchev–Trinajstić information content (AvgIpc) is 3.09. The van der Waals surface area contributed by atoms with Gasteiger partial charge in [-0.15, -0.1) is 0 Å². The van der Waals surface area contributed by atoms with Crippen molar-refractivity contribution >= 4 is 0 Å². The topological polar surface area (TPSA) is 36.3 Å². The Labute approximate surface area is 92.0 Å². The third-order valence-corrected chi connectivity index (χ3v) is 3.41. The van der Waals surface area contributed by atoms with Gasteiger partial charge < -0.3 is 4.74 Å². The summed E-state index contributed by atoms with van der Waals surface area (Å²) in [5.74, 6) is 0.804. The molecule has 1 heterocycles. The van der Waals surface area contributed by atoms with Crippen LogP contribution in [0.15, 0.2) is 0 Å². The SMILES string of the molecule is N#CCCN(CC1CCOCC1)C1CC1. The van der Waals surface area contributed by atoms with E-state index in [0.29, 0.717) is 6.42 Å². The second kappa shape index (κ2) is 5.48. The summed E-state index contributed by atoms with van der Waals surface area (Å²) in [4.78, 5) is 2.53. The first kappa shape index (κ1) is 10.9.